The van der Waals surface area contributed by atoms with Gasteiger partial charge in [-0.2, -0.15) is 0 Å². The Morgan fingerprint density at radius 2 is 1.27 bits per heavy atom. The topological polar surface area (TPSA) is 160 Å². The first kappa shape index (κ1) is 25.4. The first-order valence-corrected chi connectivity index (χ1v) is 11.5. The van der Waals surface area contributed by atoms with E-state index in [-0.39, 0.29) is 25.4 Å². The summed E-state index contributed by atoms with van der Waals surface area (Å²) in [6.07, 6.45) is -0.876. The van der Waals surface area contributed by atoms with Gasteiger partial charge in [-0.05, 0) is 22.3 Å². The van der Waals surface area contributed by atoms with Crippen molar-refractivity contribution < 1.29 is 38.3 Å². The number of nitrogens with one attached hydrogen (secondary N) is 3. The SMILES string of the molecule is O=C(CNC(=O)CNC(=O)OCC1c2ccccc2-c2ccccc21)NCC(=O)ON1C(=O)CCC1=O. The summed E-state index contributed by atoms with van der Waals surface area (Å²) >= 11 is 0. The molecule has 1 aliphatic carbocycles. The Balaban J connectivity index is 1.14. The predicted octanol–water partition coefficient (Wildman–Crippen LogP) is 0.365. The molecule has 1 aliphatic heterocycles. The molecule has 0 radical (unpaired) electrons. The Morgan fingerprint density at radius 3 is 1.86 bits per heavy atom. The van der Waals surface area contributed by atoms with Gasteiger partial charge >= 0.3 is 12.1 Å². The zero-order valence-corrected chi connectivity index (χ0v) is 19.7. The molecule has 3 N–H and O–H groups in total. The largest absolute Gasteiger partial charge is 0.449 e. The smallest absolute Gasteiger partial charge is 0.407 e. The average molecular weight is 508 g/mol. The van der Waals surface area contributed by atoms with Crippen LogP contribution < -0.4 is 16.0 Å². The maximum absolute atomic E-state index is 12.1. The van der Waals surface area contributed by atoms with E-state index in [0.717, 1.165) is 22.3 Å². The first-order chi connectivity index (χ1) is 17.8. The summed E-state index contributed by atoms with van der Waals surface area (Å²) < 4.78 is 5.34. The number of ether oxygens (including phenoxy) is 1. The fourth-order valence-electron chi connectivity index (χ4n) is 4.07. The van der Waals surface area contributed by atoms with Crippen LogP contribution in [0.3, 0.4) is 0 Å². The number of fused-ring (bicyclic) bond motifs is 3. The van der Waals surface area contributed by atoms with Crippen molar-refractivity contribution in [3.8, 4) is 11.1 Å². The molecule has 2 aromatic rings. The van der Waals surface area contributed by atoms with Gasteiger partial charge in [-0.3, -0.25) is 19.2 Å². The summed E-state index contributed by atoms with van der Waals surface area (Å²) in [6, 6.07) is 15.8. The minimum absolute atomic E-state index is 0.0470. The summed E-state index contributed by atoms with van der Waals surface area (Å²) in [4.78, 5) is 75.0. The fourth-order valence-corrected chi connectivity index (χ4v) is 4.07. The lowest BCUT2D eigenvalue weighted by atomic mass is 9.98. The number of amides is 5. The summed E-state index contributed by atoms with van der Waals surface area (Å²) in [6.45, 7) is -1.41. The van der Waals surface area contributed by atoms with Gasteiger partial charge in [0.2, 0.25) is 11.8 Å². The van der Waals surface area contributed by atoms with E-state index < -0.39 is 55.3 Å². The van der Waals surface area contributed by atoms with E-state index in [1.807, 2.05) is 48.5 Å². The fraction of sp³-hybridized carbons (Fsp3) is 0.280. The molecule has 5 amide bonds. The van der Waals surface area contributed by atoms with Crippen molar-refractivity contribution in [1.82, 2.24) is 21.0 Å². The molecule has 1 fully saturated rings. The van der Waals surface area contributed by atoms with Crippen LogP contribution in [0, 0.1) is 0 Å². The Kier molecular flexibility index (Phi) is 7.77. The van der Waals surface area contributed by atoms with Gasteiger partial charge < -0.3 is 25.5 Å². The highest BCUT2D eigenvalue weighted by molar-refractivity contribution is 6.01. The average Bonchev–Trinajstić information content (AvgIpc) is 3.40. The van der Waals surface area contributed by atoms with Crippen LogP contribution in [0.25, 0.3) is 11.1 Å². The highest BCUT2D eigenvalue weighted by Crippen LogP contribution is 2.44. The lowest BCUT2D eigenvalue weighted by Crippen LogP contribution is -2.44. The predicted molar refractivity (Wildman–Crippen MR) is 126 cm³/mol. The van der Waals surface area contributed by atoms with E-state index in [0.29, 0.717) is 5.06 Å². The molecular weight excluding hydrogens is 484 g/mol. The van der Waals surface area contributed by atoms with Gasteiger partial charge in [-0.15, -0.1) is 5.06 Å². The maximum Gasteiger partial charge on any atom is 0.407 e. The second-order valence-electron chi connectivity index (χ2n) is 8.28. The van der Waals surface area contributed by atoms with Crippen LogP contribution >= 0.6 is 0 Å². The van der Waals surface area contributed by atoms with Crippen LogP contribution in [0.1, 0.15) is 29.9 Å². The number of nitrogens with zero attached hydrogens (tertiary/aromatic N) is 1. The molecular formula is C25H24N4O8. The Labute approximate surface area is 211 Å². The van der Waals surface area contributed by atoms with Crippen molar-refractivity contribution in [2.24, 2.45) is 0 Å². The van der Waals surface area contributed by atoms with Gasteiger partial charge in [0, 0.05) is 18.8 Å². The molecule has 0 spiro atoms. The molecule has 0 atom stereocenters. The molecule has 12 heteroatoms. The standard InChI is InChI=1S/C25H24N4O8/c30-20(27-13-24(34)37-29-22(32)9-10-23(29)33)11-26-21(31)12-28-25(35)36-14-19-17-7-3-1-5-15(17)16-6-2-4-8-18(16)19/h1-8,19H,9-14H2,(H,26,31)(H,27,30)(H,28,35). The molecule has 2 aromatic carbocycles. The minimum Gasteiger partial charge on any atom is -0.449 e. The van der Waals surface area contributed by atoms with E-state index >= 15 is 0 Å². The molecule has 37 heavy (non-hydrogen) atoms. The van der Waals surface area contributed by atoms with Crippen molar-refractivity contribution >= 4 is 35.7 Å². The molecule has 12 nitrogen and oxygen atoms in total. The third kappa shape index (κ3) is 6.10. The molecule has 1 heterocycles. The van der Waals surface area contributed by atoms with Crippen molar-refractivity contribution in [3.63, 3.8) is 0 Å². The Hall–Kier alpha value is -4.74. The Morgan fingerprint density at radius 1 is 0.757 bits per heavy atom. The minimum atomic E-state index is -1.01. The van der Waals surface area contributed by atoms with E-state index in [1.54, 1.807) is 0 Å². The van der Waals surface area contributed by atoms with Gasteiger partial charge in [-0.25, -0.2) is 9.59 Å². The van der Waals surface area contributed by atoms with E-state index in [9.17, 15) is 28.8 Å². The number of hydroxylamine groups is 2. The van der Waals surface area contributed by atoms with Crippen LogP contribution in [0.15, 0.2) is 48.5 Å². The number of alkyl carbamates (subject to hydrolysis) is 1. The number of carbonyl (C=O) groups excluding carboxylic acids is 6. The lowest BCUT2D eigenvalue weighted by Gasteiger charge is -2.14. The number of rotatable bonds is 9. The highest BCUT2D eigenvalue weighted by atomic mass is 16.7. The number of imide groups is 1. The molecule has 0 saturated carbocycles. The third-order valence-corrected chi connectivity index (χ3v) is 5.81. The van der Waals surface area contributed by atoms with Crippen LogP contribution in [-0.4, -0.2) is 67.0 Å². The van der Waals surface area contributed by atoms with E-state index in [1.165, 1.54) is 0 Å². The Bertz CT molecular complexity index is 1200. The first-order valence-electron chi connectivity index (χ1n) is 11.5. The van der Waals surface area contributed by atoms with Gasteiger partial charge in [0.25, 0.3) is 11.8 Å². The zero-order valence-electron chi connectivity index (χ0n) is 19.7. The quantitative estimate of drug-likeness (QED) is 0.410. The number of hydrogen-bond acceptors (Lipinski definition) is 8. The molecule has 2 aliphatic rings. The molecule has 1 saturated heterocycles. The number of carbonyl (C=O) groups is 6. The van der Waals surface area contributed by atoms with Crippen LogP contribution in [-0.2, 0) is 33.5 Å². The maximum atomic E-state index is 12.1. The monoisotopic (exact) mass is 508 g/mol. The van der Waals surface area contributed by atoms with Crippen molar-refractivity contribution in [3.05, 3.63) is 59.7 Å². The number of benzene rings is 2. The summed E-state index contributed by atoms with van der Waals surface area (Å²) in [5.41, 5.74) is 4.30. The highest BCUT2D eigenvalue weighted by Gasteiger charge is 2.33. The molecule has 192 valence electrons. The zero-order chi connectivity index (χ0) is 26.4. The van der Waals surface area contributed by atoms with Crippen molar-refractivity contribution in [2.75, 3.05) is 26.2 Å². The van der Waals surface area contributed by atoms with E-state index in [4.69, 9.17) is 4.74 Å². The van der Waals surface area contributed by atoms with Gasteiger partial charge in [0.05, 0.1) is 6.54 Å². The van der Waals surface area contributed by atoms with Gasteiger partial charge in [0.1, 0.15) is 19.7 Å². The van der Waals surface area contributed by atoms with Crippen molar-refractivity contribution in [1.29, 1.82) is 0 Å². The number of hydrogen-bond donors (Lipinski definition) is 3. The summed E-state index contributed by atoms with van der Waals surface area (Å²) in [5, 5.41) is 7.16. The summed E-state index contributed by atoms with van der Waals surface area (Å²) in [5.74, 6) is -3.78. The van der Waals surface area contributed by atoms with Gasteiger partial charge in [-0.1, -0.05) is 48.5 Å². The van der Waals surface area contributed by atoms with E-state index in [2.05, 4.69) is 20.8 Å². The van der Waals surface area contributed by atoms with Crippen molar-refractivity contribution in [2.45, 2.75) is 18.8 Å². The summed E-state index contributed by atoms with van der Waals surface area (Å²) in [7, 11) is 0. The molecule has 0 bridgehead atoms. The molecule has 0 aromatic heterocycles. The van der Waals surface area contributed by atoms with Gasteiger partial charge in [0.15, 0.2) is 0 Å². The van der Waals surface area contributed by atoms with Crippen LogP contribution in [0.4, 0.5) is 4.79 Å². The van der Waals surface area contributed by atoms with Crippen LogP contribution in [0.5, 0.6) is 0 Å². The van der Waals surface area contributed by atoms with Crippen LogP contribution in [0.2, 0.25) is 0 Å². The molecule has 0 unspecified atom stereocenters. The third-order valence-electron chi connectivity index (χ3n) is 5.81. The lowest BCUT2D eigenvalue weighted by molar-refractivity contribution is -0.196. The normalized spacial score (nSPS) is 14.0. The second kappa shape index (κ2) is 11.3. The second-order valence-corrected chi connectivity index (χ2v) is 8.28. The molecule has 4 rings (SSSR count).